The van der Waals surface area contributed by atoms with E-state index in [1.165, 1.54) is 0 Å². The van der Waals surface area contributed by atoms with Gasteiger partial charge in [0.05, 0.1) is 0 Å². The fourth-order valence-electron chi connectivity index (χ4n) is 0.859. The van der Waals surface area contributed by atoms with Gasteiger partial charge in [0.2, 0.25) is 5.89 Å². The topological polar surface area (TPSA) is 89.3 Å². The molecule has 0 bridgehead atoms. The van der Waals surface area contributed by atoms with Crippen molar-refractivity contribution in [3.8, 4) is 0 Å². The van der Waals surface area contributed by atoms with Crippen LogP contribution in [-0.4, -0.2) is 22.6 Å². The van der Waals surface area contributed by atoms with E-state index < -0.39 is 0 Å². The third-order valence-corrected chi connectivity index (χ3v) is 1.53. The summed E-state index contributed by atoms with van der Waals surface area (Å²) in [7, 11) is 0. The second kappa shape index (κ2) is 5.14. The Balaban J connectivity index is 2.40. The van der Waals surface area contributed by atoms with E-state index in [-0.39, 0.29) is 0 Å². The first-order valence-corrected chi connectivity index (χ1v) is 4.55. The van der Waals surface area contributed by atoms with Crippen molar-refractivity contribution in [3.05, 3.63) is 23.9 Å². The summed E-state index contributed by atoms with van der Waals surface area (Å²) in [4.78, 5) is 8.03. The van der Waals surface area contributed by atoms with Gasteiger partial charge in [-0.15, -0.1) is 0 Å². The van der Waals surface area contributed by atoms with Gasteiger partial charge in [0.15, 0.2) is 11.8 Å². The molecule has 1 heterocycles. The van der Waals surface area contributed by atoms with Gasteiger partial charge in [-0.2, -0.15) is 4.98 Å². The maximum atomic E-state index is 5.59. The zero-order chi connectivity index (χ0) is 11.3. The van der Waals surface area contributed by atoms with Gasteiger partial charge < -0.3 is 15.6 Å². The van der Waals surface area contributed by atoms with Crippen molar-refractivity contribution < 1.29 is 4.52 Å². The number of hydrogen-bond donors (Lipinski definition) is 2. The monoisotopic (exact) mass is 209 g/mol. The first-order chi connectivity index (χ1) is 7.08. The van der Waals surface area contributed by atoms with Gasteiger partial charge in [-0.1, -0.05) is 17.3 Å². The number of nitrogens with zero attached hydrogens (tertiary/aromatic N) is 3. The quantitative estimate of drug-likeness (QED) is 0.424. The number of guanidine groups is 1. The lowest BCUT2D eigenvalue weighted by molar-refractivity contribution is 0.387. The standard InChI is InChI=1S/C9H15N5O/c1-6(2)4-11-9(10)12-5-8-13-7(3)15-14-8/h1,4-5H2,2-3H3,(H3,10,11,12). The Morgan fingerprint density at radius 3 is 2.93 bits per heavy atom. The second-order valence-electron chi connectivity index (χ2n) is 3.24. The van der Waals surface area contributed by atoms with E-state index in [0.717, 1.165) is 5.57 Å². The molecule has 1 aromatic rings. The van der Waals surface area contributed by atoms with Gasteiger partial charge in [-0.25, -0.2) is 4.99 Å². The minimum Gasteiger partial charge on any atom is -0.370 e. The molecule has 0 amide bonds. The van der Waals surface area contributed by atoms with Crippen molar-refractivity contribution in [3.63, 3.8) is 0 Å². The lowest BCUT2D eigenvalue weighted by atomic mass is 10.3. The first-order valence-electron chi connectivity index (χ1n) is 4.55. The van der Waals surface area contributed by atoms with E-state index in [1.54, 1.807) is 6.92 Å². The van der Waals surface area contributed by atoms with Gasteiger partial charge in [0.25, 0.3) is 0 Å². The average molecular weight is 209 g/mol. The predicted molar refractivity (Wildman–Crippen MR) is 57.2 cm³/mol. The van der Waals surface area contributed by atoms with E-state index in [1.807, 2.05) is 6.92 Å². The summed E-state index contributed by atoms with van der Waals surface area (Å²) in [6, 6.07) is 0. The molecular weight excluding hydrogens is 194 g/mol. The largest absolute Gasteiger partial charge is 0.370 e. The van der Waals surface area contributed by atoms with E-state index in [2.05, 4.69) is 27.0 Å². The third kappa shape index (κ3) is 4.26. The van der Waals surface area contributed by atoms with Crippen molar-refractivity contribution in [2.45, 2.75) is 20.4 Å². The van der Waals surface area contributed by atoms with Gasteiger partial charge >= 0.3 is 0 Å². The minimum absolute atomic E-state index is 0.312. The summed E-state index contributed by atoms with van der Waals surface area (Å²) < 4.78 is 4.79. The number of nitrogens with two attached hydrogens (primary N) is 1. The van der Waals surface area contributed by atoms with E-state index in [9.17, 15) is 0 Å². The van der Waals surface area contributed by atoms with Crippen molar-refractivity contribution in [1.29, 1.82) is 0 Å². The molecule has 0 spiro atoms. The Morgan fingerprint density at radius 1 is 1.67 bits per heavy atom. The molecule has 0 aromatic carbocycles. The highest BCUT2D eigenvalue weighted by atomic mass is 16.5. The molecule has 3 N–H and O–H groups in total. The van der Waals surface area contributed by atoms with E-state index in [4.69, 9.17) is 10.3 Å². The molecule has 82 valence electrons. The average Bonchev–Trinajstić information content (AvgIpc) is 2.58. The van der Waals surface area contributed by atoms with Crippen LogP contribution in [0.5, 0.6) is 0 Å². The third-order valence-electron chi connectivity index (χ3n) is 1.53. The lowest BCUT2D eigenvalue weighted by Crippen LogP contribution is -2.32. The van der Waals surface area contributed by atoms with Gasteiger partial charge in [-0.05, 0) is 6.92 Å². The van der Waals surface area contributed by atoms with Crippen molar-refractivity contribution in [1.82, 2.24) is 15.5 Å². The molecule has 6 heteroatoms. The maximum absolute atomic E-state index is 5.59. The zero-order valence-electron chi connectivity index (χ0n) is 8.95. The van der Waals surface area contributed by atoms with Gasteiger partial charge in [-0.3, -0.25) is 0 Å². The van der Waals surface area contributed by atoms with Crippen molar-refractivity contribution in [2.24, 2.45) is 10.7 Å². The van der Waals surface area contributed by atoms with Crippen LogP contribution in [0, 0.1) is 6.92 Å². The van der Waals surface area contributed by atoms with Crippen LogP contribution in [0.25, 0.3) is 0 Å². The number of nitrogens with one attached hydrogen (secondary N) is 1. The van der Waals surface area contributed by atoms with Crippen LogP contribution in [0.3, 0.4) is 0 Å². The Bertz CT molecular complexity index is 368. The Hall–Kier alpha value is -1.85. The maximum Gasteiger partial charge on any atom is 0.223 e. The number of aryl methyl sites for hydroxylation is 1. The minimum atomic E-state index is 0.312. The number of aliphatic imine (C=N–C) groups is 1. The molecule has 0 aliphatic carbocycles. The van der Waals surface area contributed by atoms with Crippen LogP contribution in [0.2, 0.25) is 0 Å². The lowest BCUT2D eigenvalue weighted by Gasteiger charge is -2.03. The number of hydrogen-bond acceptors (Lipinski definition) is 4. The molecule has 0 radical (unpaired) electrons. The highest BCUT2D eigenvalue weighted by Crippen LogP contribution is 1.95. The smallest absolute Gasteiger partial charge is 0.223 e. The number of rotatable bonds is 4. The summed E-state index contributed by atoms with van der Waals surface area (Å²) in [6.45, 7) is 8.29. The van der Waals surface area contributed by atoms with E-state index >= 15 is 0 Å². The Kier molecular flexibility index (Phi) is 3.84. The molecule has 6 nitrogen and oxygen atoms in total. The van der Waals surface area contributed by atoms with Gasteiger partial charge in [0, 0.05) is 13.5 Å². The molecule has 0 saturated carbocycles. The van der Waals surface area contributed by atoms with E-state index in [0.29, 0.717) is 30.8 Å². The van der Waals surface area contributed by atoms with Gasteiger partial charge in [0.1, 0.15) is 6.54 Å². The van der Waals surface area contributed by atoms with Crippen LogP contribution in [0.1, 0.15) is 18.6 Å². The predicted octanol–water partition coefficient (Wildman–Crippen LogP) is 0.358. The molecule has 0 fully saturated rings. The number of aromatic nitrogens is 2. The van der Waals surface area contributed by atoms with Crippen LogP contribution in [0.4, 0.5) is 0 Å². The molecule has 0 saturated heterocycles. The summed E-state index contributed by atoms with van der Waals surface area (Å²) in [5, 5.41) is 6.59. The summed E-state index contributed by atoms with van der Waals surface area (Å²) >= 11 is 0. The molecule has 1 rings (SSSR count). The molecule has 0 unspecified atom stereocenters. The van der Waals surface area contributed by atoms with Crippen LogP contribution in [-0.2, 0) is 6.54 Å². The SMILES string of the molecule is C=C(C)CNC(N)=NCc1noc(C)n1. The first kappa shape index (κ1) is 11.2. The molecule has 0 aliphatic heterocycles. The normalized spacial score (nSPS) is 11.5. The fraction of sp³-hybridized carbons (Fsp3) is 0.444. The summed E-state index contributed by atoms with van der Waals surface area (Å²) in [5.74, 6) is 1.39. The molecule has 1 aromatic heterocycles. The van der Waals surface area contributed by atoms with Crippen molar-refractivity contribution >= 4 is 5.96 Å². The molecule has 15 heavy (non-hydrogen) atoms. The fourth-order valence-corrected chi connectivity index (χ4v) is 0.859. The molecule has 0 aliphatic rings. The molecular formula is C9H15N5O. The van der Waals surface area contributed by atoms with Crippen LogP contribution in [0.15, 0.2) is 21.7 Å². The highest BCUT2D eigenvalue weighted by Gasteiger charge is 2.00. The second-order valence-corrected chi connectivity index (χ2v) is 3.24. The zero-order valence-corrected chi connectivity index (χ0v) is 8.95. The van der Waals surface area contributed by atoms with Crippen molar-refractivity contribution in [2.75, 3.05) is 6.54 Å². The molecule has 0 atom stereocenters. The highest BCUT2D eigenvalue weighted by molar-refractivity contribution is 5.77. The Labute approximate surface area is 88.3 Å². The summed E-state index contributed by atoms with van der Waals surface area (Å²) in [6.07, 6.45) is 0. The van der Waals surface area contributed by atoms with Crippen LogP contribution >= 0.6 is 0 Å². The Morgan fingerprint density at radius 2 is 2.40 bits per heavy atom. The summed E-state index contributed by atoms with van der Waals surface area (Å²) in [5.41, 5.74) is 6.58. The van der Waals surface area contributed by atoms with Crippen LogP contribution < -0.4 is 11.1 Å².